The molecule has 0 spiro atoms. The van der Waals surface area contributed by atoms with Crippen molar-refractivity contribution in [1.29, 1.82) is 0 Å². The van der Waals surface area contributed by atoms with E-state index in [4.69, 9.17) is 0 Å². The fraction of sp³-hybridized carbons (Fsp3) is 0.774. The van der Waals surface area contributed by atoms with Crippen molar-refractivity contribution in [3.63, 3.8) is 0 Å². The molecule has 4 heterocycles. The van der Waals surface area contributed by atoms with E-state index in [1.807, 2.05) is 6.07 Å². The maximum Gasteiger partial charge on any atom is 0.0112 e. The number of hydrogen-bond donors (Lipinski definition) is 0. The summed E-state index contributed by atoms with van der Waals surface area (Å²) in [5, 5.41) is 0. The Balaban J connectivity index is 0.000000361. The van der Waals surface area contributed by atoms with Crippen molar-refractivity contribution in [2.45, 2.75) is 152 Å². The molecule has 0 aliphatic carbocycles. The number of likely N-dealkylation sites (tertiary alicyclic amines) is 1. The highest BCUT2D eigenvalue weighted by Gasteiger charge is 2.16. The third kappa shape index (κ3) is 28.0. The van der Waals surface area contributed by atoms with E-state index in [1.54, 1.807) is 0 Å². The molecule has 348 valence electrons. The molecule has 0 radical (unpaired) electrons. The van der Waals surface area contributed by atoms with Gasteiger partial charge in [-0.3, -0.25) is 14.7 Å². The Bertz CT molecular complexity index is 1190. The minimum Gasteiger partial charge on any atom is -0.305 e. The fourth-order valence-electron chi connectivity index (χ4n) is 7.86. The van der Waals surface area contributed by atoms with Gasteiger partial charge in [0.2, 0.25) is 0 Å². The summed E-state index contributed by atoms with van der Waals surface area (Å²) in [5.41, 5.74) is 2.86. The summed E-state index contributed by atoms with van der Waals surface area (Å²) in [6.45, 7) is 44.8. The second-order valence-corrected chi connectivity index (χ2v) is 19.8. The summed E-state index contributed by atoms with van der Waals surface area (Å²) < 4.78 is 0. The van der Waals surface area contributed by atoms with Gasteiger partial charge in [-0.15, -0.1) is 0 Å². The number of likely N-dealkylation sites (N-methyl/N-ethyl adjacent to an activating group) is 3. The number of benzene rings is 2. The minimum absolute atomic E-state index is 0.659. The predicted octanol–water partition coefficient (Wildman–Crippen LogP) is 10.3. The van der Waals surface area contributed by atoms with Crippen LogP contribution in [0.2, 0.25) is 0 Å². The number of piperazine rings is 1. The quantitative estimate of drug-likeness (QED) is 0.274. The zero-order valence-corrected chi connectivity index (χ0v) is 42.5. The maximum absolute atomic E-state index is 2.56. The first-order valence-corrected chi connectivity index (χ1v) is 24.6. The van der Waals surface area contributed by atoms with Crippen LogP contribution in [0.5, 0.6) is 0 Å². The largest absolute Gasteiger partial charge is 0.305 e. The van der Waals surface area contributed by atoms with Crippen LogP contribution < -0.4 is 0 Å². The van der Waals surface area contributed by atoms with Crippen molar-refractivity contribution in [2.75, 3.05) is 113 Å². The predicted molar refractivity (Wildman–Crippen MR) is 268 cm³/mol. The zero-order chi connectivity index (χ0) is 44.9. The first-order chi connectivity index (χ1) is 28.5. The van der Waals surface area contributed by atoms with Gasteiger partial charge in [0.25, 0.3) is 0 Å². The Kier molecular flexibility index (Phi) is 31.5. The van der Waals surface area contributed by atoms with Crippen LogP contribution in [-0.4, -0.2) is 171 Å². The first kappa shape index (κ1) is 56.2. The molecule has 4 aliphatic rings. The van der Waals surface area contributed by atoms with Crippen LogP contribution in [0.4, 0.5) is 0 Å². The number of nitrogens with zero attached hydrogens (tertiary/aromatic N) is 7. The Morgan fingerprint density at radius 3 is 0.983 bits per heavy atom. The topological polar surface area (TPSA) is 22.7 Å². The zero-order valence-electron chi connectivity index (χ0n) is 42.5. The fourth-order valence-corrected chi connectivity index (χ4v) is 7.86. The Labute approximate surface area is 375 Å². The lowest BCUT2D eigenvalue weighted by atomic mass is 10.0. The second-order valence-electron chi connectivity index (χ2n) is 19.8. The van der Waals surface area contributed by atoms with Crippen LogP contribution in [0.25, 0.3) is 0 Å². The lowest BCUT2D eigenvalue weighted by molar-refractivity contribution is 0.126. The van der Waals surface area contributed by atoms with Crippen LogP contribution >= 0.6 is 0 Å². The molecule has 0 unspecified atom stereocenters. The Morgan fingerprint density at radius 1 is 0.350 bits per heavy atom. The SMILES string of the molecule is CC(C)Cc1ccccc1.CC(C)N1CCCCC1.CC(C)N1CCCN(C)CC1.CC(C)N1CCCN(C)CC1.CC(C)N1CCN(C)CC1.CC(C)c1ccccc1. The third-order valence-corrected chi connectivity index (χ3v) is 12.3. The van der Waals surface area contributed by atoms with Gasteiger partial charge in [-0.05, 0) is 171 Å². The molecular formula is C53H101N7. The molecule has 4 aliphatic heterocycles. The lowest BCUT2D eigenvalue weighted by Gasteiger charge is -2.34. The van der Waals surface area contributed by atoms with Gasteiger partial charge in [0, 0.05) is 76.5 Å². The van der Waals surface area contributed by atoms with E-state index in [0.29, 0.717) is 5.92 Å². The van der Waals surface area contributed by atoms with Gasteiger partial charge in [0.15, 0.2) is 0 Å². The molecule has 2 aromatic rings. The summed E-state index contributed by atoms with van der Waals surface area (Å²) in [5.74, 6) is 1.42. The van der Waals surface area contributed by atoms with Crippen molar-refractivity contribution in [1.82, 2.24) is 34.3 Å². The molecule has 0 saturated carbocycles. The number of piperidine rings is 1. The molecule has 0 amide bonds. The van der Waals surface area contributed by atoms with E-state index in [0.717, 1.165) is 30.1 Å². The highest BCUT2D eigenvalue weighted by Crippen LogP contribution is 2.13. The van der Waals surface area contributed by atoms with Crippen LogP contribution in [0.3, 0.4) is 0 Å². The molecule has 7 heteroatoms. The smallest absolute Gasteiger partial charge is 0.0112 e. The van der Waals surface area contributed by atoms with Crippen LogP contribution in [0.15, 0.2) is 60.7 Å². The van der Waals surface area contributed by atoms with E-state index >= 15 is 0 Å². The highest BCUT2D eigenvalue weighted by atomic mass is 15.3. The Hall–Kier alpha value is -1.84. The monoisotopic (exact) mass is 836 g/mol. The molecule has 60 heavy (non-hydrogen) atoms. The molecule has 2 aromatic carbocycles. The van der Waals surface area contributed by atoms with E-state index in [9.17, 15) is 0 Å². The molecule has 4 saturated heterocycles. The summed E-state index contributed by atoms with van der Waals surface area (Å²) in [6, 6.07) is 24.1. The average molecular weight is 836 g/mol. The first-order valence-electron chi connectivity index (χ1n) is 24.6. The van der Waals surface area contributed by atoms with Crippen molar-refractivity contribution in [3.05, 3.63) is 71.8 Å². The third-order valence-electron chi connectivity index (χ3n) is 12.3. The molecule has 0 N–H and O–H groups in total. The van der Waals surface area contributed by atoms with Gasteiger partial charge in [0.1, 0.15) is 0 Å². The molecule has 0 aromatic heterocycles. The maximum atomic E-state index is 2.56. The Morgan fingerprint density at radius 2 is 0.667 bits per heavy atom. The summed E-state index contributed by atoms with van der Waals surface area (Å²) in [7, 11) is 6.62. The lowest BCUT2D eigenvalue weighted by Crippen LogP contribution is -2.47. The van der Waals surface area contributed by atoms with Crippen molar-refractivity contribution < 1.29 is 0 Å². The standard InChI is InChI=1S/C10H14.2C9H20N2.C9H12.C8H18N2.C8H17N/c1-9(2)8-10-6-4-3-5-7-10;2*1-9(2)11-6-4-5-10(3)7-8-11;1-8(2)9-6-4-3-5-7-9;1-8(2)10-6-4-9(3)5-7-10;1-8(2)9-6-4-3-5-7-9/h3-7,9H,8H2,1-2H3;2*9H,4-8H2,1-3H3;3-8H,1-2H3;8H,4-7H2,1-3H3;8H,3-7H2,1-2H3. The molecule has 7 nitrogen and oxygen atoms in total. The van der Waals surface area contributed by atoms with E-state index in [-0.39, 0.29) is 0 Å². The van der Waals surface area contributed by atoms with Crippen molar-refractivity contribution in [3.8, 4) is 0 Å². The van der Waals surface area contributed by atoms with Gasteiger partial charge in [-0.1, -0.05) is 94.8 Å². The van der Waals surface area contributed by atoms with Gasteiger partial charge in [0.05, 0.1) is 0 Å². The molecule has 6 rings (SSSR count). The second kappa shape index (κ2) is 33.7. The highest BCUT2D eigenvalue weighted by molar-refractivity contribution is 5.17. The van der Waals surface area contributed by atoms with E-state index in [1.165, 1.54) is 141 Å². The van der Waals surface area contributed by atoms with Crippen LogP contribution in [-0.2, 0) is 6.42 Å². The van der Waals surface area contributed by atoms with E-state index < -0.39 is 0 Å². The van der Waals surface area contributed by atoms with Gasteiger partial charge in [-0.2, -0.15) is 0 Å². The number of hydrogen-bond acceptors (Lipinski definition) is 7. The van der Waals surface area contributed by atoms with Gasteiger partial charge < -0.3 is 19.6 Å². The van der Waals surface area contributed by atoms with Crippen LogP contribution in [0, 0.1) is 5.92 Å². The molecule has 4 fully saturated rings. The molecule has 0 atom stereocenters. The molecular weight excluding hydrogens is 735 g/mol. The summed E-state index contributed by atoms with van der Waals surface area (Å²) in [6.07, 6.45) is 8.13. The van der Waals surface area contributed by atoms with Gasteiger partial charge in [-0.25, -0.2) is 0 Å². The van der Waals surface area contributed by atoms with E-state index in [2.05, 4.69) is 193 Å². The van der Waals surface area contributed by atoms with Crippen LogP contribution in [0.1, 0.15) is 132 Å². The molecule has 0 bridgehead atoms. The normalized spacial score (nSPS) is 19.5. The number of rotatable bonds is 7. The van der Waals surface area contributed by atoms with Crippen molar-refractivity contribution >= 4 is 0 Å². The average Bonchev–Trinajstić information content (AvgIpc) is 3.59. The minimum atomic E-state index is 0.659. The summed E-state index contributed by atoms with van der Waals surface area (Å²) in [4.78, 5) is 17.4. The van der Waals surface area contributed by atoms with Gasteiger partial charge >= 0.3 is 0 Å². The summed E-state index contributed by atoms with van der Waals surface area (Å²) >= 11 is 0. The van der Waals surface area contributed by atoms with Crippen molar-refractivity contribution in [2.24, 2.45) is 5.92 Å².